The molecule has 2 rings (SSSR count). The molecule has 100 valence electrons. The van der Waals surface area contributed by atoms with E-state index in [0.717, 1.165) is 5.92 Å². The normalized spacial score (nSPS) is 23.8. The van der Waals surface area contributed by atoms with Crippen LogP contribution in [0.15, 0.2) is 24.3 Å². The minimum absolute atomic E-state index is 0.454. The Labute approximate surface area is 112 Å². The number of aryl methyl sites for hydroxylation is 1. The first-order valence-electron chi connectivity index (χ1n) is 7.26. The molecule has 0 radical (unpaired) electrons. The summed E-state index contributed by atoms with van der Waals surface area (Å²) in [5.41, 5.74) is 3.53. The van der Waals surface area contributed by atoms with Crippen molar-refractivity contribution in [3.63, 3.8) is 0 Å². The Morgan fingerprint density at radius 2 is 1.94 bits per heavy atom. The van der Waals surface area contributed by atoms with Gasteiger partial charge in [0.25, 0.3) is 0 Å². The van der Waals surface area contributed by atoms with Crippen LogP contribution in [0.25, 0.3) is 0 Å². The van der Waals surface area contributed by atoms with Gasteiger partial charge in [0.15, 0.2) is 0 Å². The van der Waals surface area contributed by atoms with Crippen LogP contribution < -0.4 is 5.32 Å². The van der Waals surface area contributed by atoms with Crippen LogP contribution in [-0.2, 0) is 6.42 Å². The van der Waals surface area contributed by atoms with E-state index in [2.05, 4.69) is 57.4 Å². The molecule has 0 aliphatic heterocycles. The van der Waals surface area contributed by atoms with Gasteiger partial charge >= 0.3 is 0 Å². The van der Waals surface area contributed by atoms with Gasteiger partial charge in [-0.25, -0.2) is 0 Å². The molecule has 1 N–H and O–H groups in total. The van der Waals surface area contributed by atoms with E-state index in [0.29, 0.717) is 11.5 Å². The van der Waals surface area contributed by atoms with Crippen LogP contribution in [0.5, 0.6) is 0 Å². The molecule has 1 aliphatic carbocycles. The van der Waals surface area contributed by atoms with Crippen molar-refractivity contribution in [2.75, 3.05) is 7.05 Å². The average Bonchev–Trinajstić information content (AvgIpc) is 2.34. The number of nitrogens with one attached hydrogen (secondary N) is 1. The highest BCUT2D eigenvalue weighted by Gasteiger charge is 2.28. The van der Waals surface area contributed by atoms with Crippen LogP contribution in [0, 0.1) is 11.3 Å². The topological polar surface area (TPSA) is 12.0 Å². The van der Waals surface area contributed by atoms with Gasteiger partial charge in [0, 0.05) is 6.04 Å². The maximum absolute atomic E-state index is 3.55. The summed E-state index contributed by atoms with van der Waals surface area (Å²) in [6.07, 6.45) is 5.24. The Bertz CT molecular complexity index is 389. The van der Waals surface area contributed by atoms with E-state index in [1.807, 2.05) is 0 Å². The lowest BCUT2D eigenvalue weighted by Crippen LogP contribution is -2.30. The Balaban J connectivity index is 2.11. The molecule has 2 unspecified atom stereocenters. The molecule has 1 aromatic carbocycles. The molecule has 0 fully saturated rings. The van der Waals surface area contributed by atoms with Crippen molar-refractivity contribution in [2.24, 2.45) is 11.3 Å². The van der Waals surface area contributed by atoms with E-state index in [1.54, 1.807) is 5.56 Å². The van der Waals surface area contributed by atoms with Crippen LogP contribution in [0.1, 0.15) is 57.2 Å². The van der Waals surface area contributed by atoms with Crippen molar-refractivity contribution >= 4 is 0 Å². The number of hydrogen-bond donors (Lipinski definition) is 1. The van der Waals surface area contributed by atoms with Crippen LogP contribution >= 0.6 is 0 Å². The molecule has 0 saturated heterocycles. The molecule has 1 heteroatoms. The lowest BCUT2D eigenvalue weighted by molar-refractivity contribution is 0.260. The molecule has 18 heavy (non-hydrogen) atoms. The Morgan fingerprint density at radius 1 is 1.22 bits per heavy atom. The third-order valence-corrected chi connectivity index (χ3v) is 4.22. The number of hydrogen-bond acceptors (Lipinski definition) is 1. The zero-order valence-corrected chi connectivity index (χ0v) is 12.3. The molecular formula is C17H27N. The Hall–Kier alpha value is -0.820. The summed E-state index contributed by atoms with van der Waals surface area (Å²) < 4.78 is 0. The highest BCUT2D eigenvalue weighted by Crippen LogP contribution is 2.38. The zero-order chi connectivity index (χ0) is 13.2. The van der Waals surface area contributed by atoms with Crippen molar-refractivity contribution in [3.05, 3.63) is 35.4 Å². The first-order chi connectivity index (χ1) is 8.51. The van der Waals surface area contributed by atoms with E-state index in [9.17, 15) is 0 Å². The van der Waals surface area contributed by atoms with Crippen molar-refractivity contribution in [3.8, 4) is 0 Å². The predicted octanol–water partition coefficient (Wildman–Crippen LogP) is 4.34. The van der Waals surface area contributed by atoms with Crippen molar-refractivity contribution < 1.29 is 0 Å². The summed E-state index contributed by atoms with van der Waals surface area (Å²) in [5, 5.41) is 3.55. The second-order valence-corrected chi connectivity index (χ2v) is 6.86. The van der Waals surface area contributed by atoms with Crippen LogP contribution in [0.2, 0.25) is 0 Å². The van der Waals surface area contributed by atoms with Gasteiger partial charge in [-0.05, 0) is 55.2 Å². The fourth-order valence-corrected chi connectivity index (χ4v) is 3.15. The van der Waals surface area contributed by atoms with Gasteiger partial charge in [0.05, 0.1) is 0 Å². The fraction of sp³-hybridized carbons (Fsp3) is 0.647. The highest BCUT2D eigenvalue weighted by atomic mass is 14.9. The summed E-state index contributed by atoms with van der Waals surface area (Å²) >= 11 is 0. The number of rotatable bonds is 3. The van der Waals surface area contributed by atoms with Gasteiger partial charge in [-0.15, -0.1) is 0 Å². The van der Waals surface area contributed by atoms with Gasteiger partial charge in [-0.3, -0.25) is 0 Å². The highest BCUT2D eigenvalue weighted by molar-refractivity contribution is 5.32. The van der Waals surface area contributed by atoms with E-state index < -0.39 is 0 Å². The van der Waals surface area contributed by atoms with Gasteiger partial charge < -0.3 is 5.32 Å². The van der Waals surface area contributed by atoms with E-state index in [1.165, 1.54) is 31.2 Å². The Morgan fingerprint density at radius 3 is 2.61 bits per heavy atom. The standard InChI is InChI=1S/C17H27N/c1-17(2,3)12-11-14-10-9-13-7-5-6-8-15(13)16(14)18-4/h5-8,14,16,18H,9-12H2,1-4H3. The lowest BCUT2D eigenvalue weighted by atomic mass is 9.75. The number of benzene rings is 1. The van der Waals surface area contributed by atoms with Gasteiger partial charge in [0.2, 0.25) is 0 Å². The molecular weight excluding hydrogens is 218 g/mol. The van der Waals surface area contributed by atoms with Crippen LogP contribution in [0.3, 0.4) is 0 Å². The maximum Gasteiger partial charge on any atom is 0.0349 e. The van der Waals surface area contributed by atoms with Gasteiger partial charge in [-0.2, -0.15) is 0 Å². The summed E-state index contributed by atoms with van der Waals surface area (Å²) in [7, 11) is 2.11. The lowest BCUT2D eigenvalue weighted by Gasteiger charge is -2.35. The first-order valence-corrected chi connectivity index (χ1v) is 7.26. The maximum atomic E-state index is 3.55. The van der Waals surface area contributed by atoms with Crippen molar-refractivity contribution in [2.45, 2.75) is 52.5 Å². The fourth-order valence-electron chi connectivity index (χ4n) is 3.15. The predicted molar refractivity (Wildman–Crippen MR) is 78.7 cm³/mol. The van der Waals surface area contributed by atoms with Crippen LogP contribution in [0.4, 0.5) is 0 Å². The first kappa shape index (κ1) is 13.6. The molecule has 0 aromatic heterocycles. The monoisotopic (exact) mass is 245 g/mol. The van der Waals surface area contributed by atoms with Gasteiger partial charge in [-0.1, -0.05) is 45.0 Å². The summed E-state index contributed by atoms with van der Waals surface area (Å²) in [4.78, 5) is 0. The molecule has 0 saturated carbocycles. The minimum atomic E-state index is 0.454. The van der Waals surface area contributed by atoms with E-state index >= 15 is 0 Å². The SMILES string of the molecule is CNC1c2ccccc2CCC1CCC(C)(C)C. The molecule has 0 amide bonds. The quantitative estimate of drug-likeness (QED) is 0.835. The summed E-state index contributed by atoms with van der Waals surface area (Å²) in [6.45, 7) is 7.04. The van der Waals surface area contributed by atoms with E-state index in [4.69, 9.17) is 0 Å². The van der Waals surface area contributed by atoms with Gasteiger partial charge in [0.1, 0.15) is 0 Å². The molecule has 0 bridgehead atoms. The molecule has 1 nitrogen and oxygen atoms in total. The third kappa shape index (κ3) is 3.14. The summed E-state index contributed by atoms with van der Waals surface area (Å²) in [5.74, 6) is 0.795. The van der Waals surface area contributed by atoms with Crippen molar-refractivity contribution in [1.29, 1.82) is 0 Å². The van der Waals surface area contributed by atoms with Crippen molar-refractivity contribution in [1.82, 2.24) is 5.32 Å². The molecule has 1 aromatic rings. The second-order valence-electron chi connectivity index (χ2n) is 6.86. The largest absolute Gasteiger partial charge is 0.313 e. The minimum Gasteiger partial charge on any atom is -0.313 e. The van der Waals surface area contributed by atoms with E-state index in [-0.39, 0.29) is 0 Å². The third-order valence-electron chi connectivity index (χ3n) is 4.22. The molecule has 1 aliphatic rings. The Kier molecular flexibility index (Phi) is 4.11. The molecule has 0 heterocycles. The average molecular weight is 245 g/mol. The summed E-state index contributed by atoms with van der Waals surface area (Å²) in [6, 6.07) is 9.49. The molecule has 2 atom stereocenters. The van der Waals surface area contributed by atoms with Crippen LogP contribution in [-0.4, -0.2) is 7.05 Å². The number of fused-ring (bicyclic) bond motifs is 1. The smallest absolute Gasteiger partial charge is 0.0349 e. The molecule has 0 spiro atoms. The zero-order valence-electron chi connectivity index (χ0n) is 12.3. The second kappa shape index (κ2) is 5.44.